The first-order valence-corrected chi connectivity index (χ1v) is 11.9. The van der Waals surface area contributed by atoms with Gasteiger partial charge in [0.05, 0.1) is 29.9 Å². The number of aliphatic hydroxyl groups is 1. The molecule has 0 spiro atoms. The summed E-state index contributed by atoms with van der Waals surface area (Å²) in [7, 11) is 0.280. The molecule has 0 amide bonds. The van der Waals surface area contributed by atoms with Crippen LogP contribution in [0.1, 0.15) is 19.4 Å². The van der Waals surface area contributed by atoms with Gasteiger partial charge in [-0.05, 0) is 30.0 Å². The van der Waals surface area contributed by atoms with Crippen molar-refractivity contribution in [2.75, 3.05) is 13.1 Å². The van der Waals surface area contributed by atoms with E-state index in [-0.39, 0.29) is 29.7 Å². The number of nitrogens with zero attached hydrogens (tertiary/aromatic N) is 1. The molecule has 0 bridgehead atoms. The van der Waals surface area contributed by atoms with E-state index in [0.29, 0.717) is 12.2 Å². The summed E-state index contributed by atoms with van der Waals surface area (Å²) in [5.41, 5.74) is 7.16. The monoisotopic (exact) mass is 472 g/mol. The maximum Gasteiger partial charge on any atom is 0.243 e. The smallest absolute Gasteiger partial charge is 0.243 e. The van der Waals surface area contributed by atoms with Crippen molar-refractivity contribution in [3.05, 3.63) is 54.1 Å². The van der Waals surface area contributed by atoms with E-state index >= 15 is 0 Å². The van der Waals surface area contributed by atoms with Crippen LogP contribution in [0.25, 0.3) is 0 Å². The number of hydrogen-bond acceptors (Lipinski definition) is 6. The summed E-state index contributed by atoms with van der Waals surface area (Å²) in [6.07, 6.45) is -0.575. The normalized spacial score (nSPS) is 14.0. The Kier molecular flexibility index (Phi) is 9.48. The highest BCUT2D eigenvalue weighted by atomic mass is 32.2. The Bertz CT molecular complexity index is 913. The molecule has 0 aliphatic rings. The van der Waals surface area contributed by atoms with Crippen LogP contribution in [0.4, 0.5) is 0 Å². The zero-order chi connectivity index (χ0) is 22.3. The number of rotatable bonds is 11. The lowest BCUT2D eigenvalue weighted by Crippen LogP contribution is -2.47. The van der Waals surface area contributed by atoms with Gasteiger partial charge in [-0.2, -0.15) is 4.31 Å². The van der Waals surface area contributed by atoms with E-state index in [1.54, 1.807) is 0 Å². The number of aliphatic hydroxyl groups excluding tert-OH is 1. The lowest BCUT2D eigenvalue weighted by atomic mass is 10.0. The summed E-state index contributed by atoms with van der Waals surface area (Å²) in [5, 5.41) is 10.7. The molecule has 0 saturated heterocycles. The van der Waals surface area contributed by atoms with Gasteiger partial charge in [0.2, 0.25) is 10.0 Å². The zero-order valence-electron chi connectivity index (χ0n) is 17.1. The molecule has 7 nitrogen and oxygen atoms in total. The van der Waals surface area contributed by atoms with Gasteiger partial charge in [0.15, 0.2) is 11.5 Å². The standard InChI is InChI=1S/C20H30N2O5P2S/c1-14(2)12-22(13-18(23)17(21)10-15-6-4-3-5-7-15)30(24,25)16-8-9-19(26-28)20(11-16)27-29/h3-9,11,14,17-18,23H,10,12-13,21,28-29H2,1-2H3/t17-,18+/m0/s1. The topological polar surface area (TPSA) is 102 Å². The molecule has 2 rings (SSSR count). The quantitative estimate of drug-likeness (QED) is 0.488. The third-order valence-electron chi connectivity index (χ3n) is 4.57. The molecular formula is C20H30N2O5P2S. The minimum Gasteiger partial charge on any atom is -0.476 e. The molecule has 0 heterocycles. The van der Waals surface area contributed by atoms with Crippen molar-refractivity contribution in [2.24, 2.45) is 11.7 Å². The van der Waals surface area contributed by atoms with Gasteiger partial charge < -0.3 is 19.9 Å². The van der Waals surface area contributed by atoms with Crippen LogP contribution < -0.4 is 14.8 Å². The van der Waals surface area contributed by atoms with E-state index in [0.717, 1.165) is 5.56 Å². The van der Waals surface area contributed by atoms with E-state index < -0.39 is 22.2 Å². The van der Waals surface area contributed by atoms with Crippen LogP contribution in [0.2, 0.25) is 0 Å². The fourth-order valence-electron chi connectivity index (χ4n) is 3.03. The van der Waals surface area contributed by atoms with Gasteiger partial charge in [0.1, 0.15) is 0 Å². The molecule has 0 aromatic heterocycles. The first-order chi connectivity index (χ1) is 14.2. The van der Waals surface area contributed by atoms with Crippen molar-refractivity contribution < 1.29 is 22.6 Å². The first-order valence-electron chi connectivity index (χ1n) is 9.54. The van der Waals surface area contributed by atoms with Crippen molar-refractivity contribution in [3.8, 4) is 11.5 Å². The molecule has 0 radical (unpaired) electrons. The third kappa shape index (κ3) is 6.61. The molecule has 2 aromatic carbocycles. The second kappa shape index (κ2) is 11.4. The number of benzene rings is 2. The first kappa shape index (κ1) is 25.0. The Labute approximate surface area is 183 Å². The van der Waals surface area contributed by atoms with Crippen LogP contribution in [-0.4, -0.2) is 43.1 Å². The van der Waals surface area contributed by atoms with Crippen LogP contribution >= 0.6 is 18.9 Å². The molecule has 2 aromatic rings. The van der Waals surface area contributed by atoms with Gasteiger partial charge >= 0.3 is 0 Å². The lowest BCUT2D eigenvalue weighted by Gasteiger charge is -2.29. The van der Waals surface area contributed by atoms with Crippen molar-refractivity contribution in [1.29, 1.82) is 0 Å². The minimum atomic E-state index is -3.89. The van der Waals surface area contributed by atoms with Crippen LogP contribution in [0.3, 0.4) is 0 Å². The average Bonchev–Trinajstić information content (AvgIpc) is 2.72. The van der Waals surface area contributed by atoms with Crippen molar-refractivity contribution >= 4 is 29.0 Å². The Hall–Kier alpha value is -1.27. The minimum absolute atomic E-state index is 0.0511. The van der Waals surface area contributed by atoms with E-state index in [1.165, 1.54) is 22.5 Å². The fraction of sp³-hybridized carbons (Fsp3) is 0.400. The summed E-state index contributed by atoms with van der Waals surface area (Å²) >= 11 is 0. The molecule has 30 heavy (non-hydrogen) atoms. The Morgan fingerprint density at radius 2 is 1.67 bits per heavy atom. The molecule has 0 saturated carbocycles. The van der Waals surface area contributed by atoms with E-state index in [2.05, 4.69) is 18.9 Å². The average molecular weight is 472 g/mol. The molecular weight excluding hydrogens is 442 g/mol. The summed E-state index contributed by atoms with van der Waals surface area (Å²) in [4.78, 5) is 0.0511. The summed E-state index contributed by atoms with van der Waals surface area (Å²) in [6.45, 7) is 3.98. The summed E-state index contributed by atoms with van der Waals surface area (Å²) in [6, 6.07) is 13.3. The van der Waals surface area contributed by atoms with Crippen LogP contribution in [-0.2, 0) is 16.4 Å². The molecule has 166 valence electrons. The lowest BCUT2D eigenvalue weighted by molar-refractivity contribution is 0.116. The Balaban J connectivity index is 2.25. The number of hydrogen-bond donors (Lipinski definition) is 2. The predicted molar refractivity (Wildman–Crippen MR) is 125 cm³/mol. The van der Waals surface area contributed by atoms with Crippen molar-refractivity contribution in [1.82, 2.24) is 4.31 Å². The van der Waals surface area contributed by atoms with Gasteiger partial charge in [0.25, 0.3) is 0 Å². The highest BCUT2D eigenvalue weighted by Crippen LogP contribution is 2.33. The van der Waals surface area contributed by atoms with E-state index in [1.807, 2.05) is 44.2 Å². The van der Waals surface area contributed by atoms with Crippen LogP contribution in [0.15, 0.2) is 53.4 Å². The summed E-state index contributed by atoms with van der Waals surface area (Å²) in [5.74, 6) is 0.709. The second-order valence-electron chi connectivity index (χ2n) is 7.48. The molecule has 3 N–H and O–H groups in total. The van der Waals surface area contributed by atoms with Crippen molar-refractivity contribution in [2.45, 2.75) is 37.3 Å². The van der Waals surface area contributed by atoms with Crippen LogP contribution in [0, 0.1) is 5.92 Å². The maximum absolute atomic E-state index is 13.3. The summed E-state index contributed by atoms with van der Waals surface area (Å²) < 4.78 is 38.1. The van der Waals surface area contributed by atoms with Crippen LogP contribution in [0.5, 0.6) is 11.5 Å². The molecule has 4 atom stereocenters. The molecule has 0 aliphatic carbocycles. The van der Waals surface area contributed by atoms with Gasteiger partial charge in [-0.3, -0.25) is 0 Å². The predicted octanol–water partition coefficient (Wildman–Crippen LogP) is 2.60. The Morgan fingerprint density at radius 1 is 1.03 bits per heavy atom. The molecule has 0 aliphatic heterocycles. The highest BCUT2D eigenvalue weighted by molar-refractivity contribution is 7.89. The SMILES string of the molecule is CC(C)CN(C[C@@H](O)[C@@H](N)Cc1ccccc1)S(=O)(=O)c1ccc(OP)c(OP)c1. The number of nitrogens with two attached hydrogens (primary N) is 1. The van der Waals surface area contributed by atoms with Gasteiger partial charge in [0, 0.05) is 25.2 Å². The van der Waals surface area contributed by atoms with Gasteiger partial charge in [-0.25, -0.2) is 8.42 Å². The zero-order valence-corrected chi connectivity index (χ0v) is 20.3. The van der Waals surface area contributed by atoms with Gasteiger partial charge in [-0.1, -0.05) is 44.2 Å². The highest BCUT2D eigenvalue weighted by Gasteiger charge is 2.30. The number of sulfonamides is 1. The molecule has 0 fully saturated rings. The fourth-order valence-corrected chi connectivity index (χ4v) is 5.05. The van der Waals surface area contributed by atoms with Crippen molar-refractivity contribution in [3.63, 3.8) is 0 Å². The largest absolute Gasteiger partial charge is 0.476 e. The Morgan fingerprint density at radius 3 is 2.23 bits per heavy atom. The molecule has 2 unspecified atom stereocenters. The van der Waals surface area contributed by atoms with Gasteiger partial charge in [-0.15, -0.1) is 0 Å². The molecule has 10 heteroatoms. The second-order valence-corrected chi connectivity index (χ2v) is 9.89. The maximum atomic E-state index is 13.3. The van der Waals surface area contributed by atoms with E-state index in [4.69, 9.17) is 14.8 Å². The van der Waals surface area contributed by atoms with E-state index in [9.17, 15) is 13.5 Å². The third-order valence-corrected chi connectivity index (χ3v) is 6.91.